The van der Waals surface area contributed by atoms with E-state index in [1.54, 1.807) is 24.6 Å². The van der Waals surface area contributed by atoms with Crippen molar-refractivity contribution in [2.45, 2.75) is 6.42 Å². The number of carbonyl (C=O) groups is 1. The highest BCUT2D eigenvalue weighted by Gasteiger charge is 2.13. The molecule has 0 aliphatic rings. The molecule has 4 rings (SSSR count). The van der Waals surface area contributed by atoms with Gasteiger partial charge in [-0.05, 0) is 53.9 Å². The van der Waals surface area contributed by atoms with Crippen LogP contribution in [0.25, 0.3) is 15.4 Å². The summed E-state index contributed by atoms with van der Waals surface area (Å²) in [5, 5.41) is 3.62. The van der Waals surface area contributed by atoms with Gasteiger partial charge in [-0.15, -0.1) is 0 Å². The summed E-state index contributed by atoms with van der Waals surface area (Å²) < 4.78 is 7.08. The molecule has 1 N–H and O–H groups in total. The Kier molecular flexibility index (Phi) is 5.32. The fraction of sp³-hybridized carbons (Fsp3) is 0.143. The normalized spacial score (nSPS) is 10.9. The molecule has 28 heavy (non-hydrogen) atoms. The maximum absolute atomic E-state index is 12.4. The Bertz CT molecular complexity index is 1070. The van der Waals surface area contributed by atoms with Gasteiger partial charge in [-0.2, -0.15) is 0 Å². The first kappa shape index (κ1) is 18.5. The van der Waals surface area contributed by atoms with Crippen molar-refractivity contribution in [2.75, 3.05) is 13.7 Å². The second-order valence-electron chi connectivity index (χ2n) is 6.27. The molecule has 0 spiro atoms. The van der Waals surface area contributed by atoms with Gasteiger partial charge in [0.1, 0.15) is 11.4 Å². The maximum Gasteiger partial charge on any atom is 0.271 e. The van der Waals surface area contributed by atoms with E-state index in [9.17, 15) is 4.79 Å². The Morgan fingerprint density at radius 2 is 1.89 bits per heavy atom. The molecule has 0 aliphatic heterocycles. The predicted molar refractivity (Wildman–Crippen MR) is 113 cm³/mol. The van der Waals surface area contributed by atoms with Gasteiger partial charge in [0.25, 0.3) is 5.91 Å². The molecule has 7 heteroatoms. The molecule has 2 heterocycles. The molecular formula is C21H18ClN3O2S. The Balaban J connectivity index is 1.40. The van der Waals surface area contributed by atoms with E-state index in [4.69, 9.17) is 16.3 Å². The van der Waals surface area contributed by atoms with Crippen LogP contribution in [-0.2, 0) is 6.42 Å². The number of fused-ring (bicyclic) bond motifs is 1. The Morgan fingerprint density at radius 1 is 1.14 bits per heavy atom. The third-order valence-corrected chi connectivity index (χ3v) is 5.67. The highest BCUT2D eigenvalue weighted by Crippen LogP contribution is 2.29. The molecule has 0 atom stereocenters. The van der Waals surface area contributed by atoms with Crippen LogP contribution in [0.1, 0.15) is 16.1 Å². The van der Waals surface area contributed by atoms with E-state index >= 15 is 0 Å². The Hall–Kier alpha value is -2.83. The number of amides is 1. The smallest absolute Gasteiger partial charge is 0.271 e. The van der Waals surface area contributed by atoms with Gasteiger partial charge in [0.15, 0.2) is 4.96 Å². The number of benzene rings is 2. The van der Waals surface area contributed by atoms with Gasteiger partial charge in [0.2, 0.25) is 0 Å². The molecule has 0 radical (unpaired) electrons. The first-order valence-electron chi connectivity index (χ1n) is 8.78. The molecule has 0 fully saturated rings. The number of imidazole rings is 1. The van der Waals surface area contributed by atoms with E-state index < -0.39 is 0 Å². The number of nitrogens with one attached hydrogen (secondary N) is 1. The summed E-state index contributed by atoms with van der Waals surface area (Å²) >= 11 is 7.43. The second kappa shape index (κ2) is 8.04. The van der Waals surface area contributed by atoms with Crippen molar-refractivity contribution in [3.8, 4) is 16.2 Å². The standard InChI is InChI=1S/C21H18ClN3O2S/c1-27-17-8-4-15(5-9-17)19-13-25-12-18(24-21(25)28-19)20(26)23-11-10-14-2-6-16(22)7-3-14/h2-9,12-13H,10-11H2,1H3,(H,23,26). The van der Waals surface area contributed by atoms with Crippen LogP contribution < -0.4 is 10.1 Å². The van der Waals surface area contributed by atoms with Crippen molar-refractivity contribution in [1.82, 2.24) is 14.7 Å². The van der Waals surface area contributed by atoms with Crippen LogP contribution in [0.5, 0.6) is 5.75 Å². The van der Waals surface area contributed by atoms with Crippen LogP contribution in [0.3, 0.4) is 0 Å². The van der Waals surface area contributed by atoms with Gasteiger partial charge >= 0.3 is 0 Å². The number of methoxy groups -OCH3 is 1. The minimum atomic E-state index is -0.170. The zero-order valence-electron chi connectivity index (χ0n) is 15.2. The SMILES string of the molecule is COc1ccc(-c2cn3cc(C(=O)NCCc4ccc(Cl)cc4)nc3s2)cc1. The summed E-state index contributed by atoms with van der Waals surface area (Å²) in [4.78, 5) is 18.7. The van der Waals surface area contributed by atoms with E-state index in [1.807, 2.05) is 59.1 Å². The van der Waals surface area contributed by atoms with Crippen LogP contribution >= 0.6 is 22.9 Å². The number of ether oxygens (including phenoxy) is 1. The van der Waals surface area contributed by atoms with Crippen molar-refractivity contribution in [1.29, 1.82) is 0 Å². The van der Waals surface area contributed by atoms with Gasteiger partial charge in [0, 0.05) is 24.0 Å². The van der Waals surface area contributed by atoms with E-state index in [-0.39, 0.29) is 5.91 Å². The van der Waals surface area contributed by atoms with E-state index in [2.05, 4.69) is 10.3 Å². The lowest BCUT2D eigenvalue weighted by Gasteiger charge is -2.03. The lowest BCUT2D eigenvalue weighted by Crippen LogP contribution is -2.25. The van der Waals surface area contributed by atoms with Crippen LogP contribution in [0.2, 0.25) is 5.02 Å². The molecule has 0 saturated carbocycles. The minimum Gasteiger partial charge on any atom is -0.497 e. The van der Waals surface area contributed by atoms with E-state index in [1.165, 1.54) is 0 Å². The summed E-state index contributed by atoms with van der Waals surface area (Å²) in [6.07, 6.45) is 4.49. The van der Waals surface area contributed by atoms with Gasteiger partial charge in [0.05, 0.1) is 12.0 Å². The fourth-order valence-electron chi connectivity index (χ4n) is 2.86. The van der Waals surface area contributed by atoms with Crippen molar-refractivity contribution >= 4 is 33.8 Å². The summed E-state index contributed by atoms with van der Waals surface area (Å²) in [6, 6.07) is 15.5. The molecule has 2 aromatic heterocycles. The molecule has 4 aromatic rings. The summed E-state index contributed by atoms with van der Waals surface area (Å²) in [5.41, 5.74) is 2.63. The maximum atomic E-state index is 12.4. The zero-order chi connectivity index (χ0) is 19.5. The summed E-state index contributed by atoms with van der Waals surface area (Å²) in [6.45, 7) is 0.544. The molecule has 1 amide bonds. The van der Waals surface area contributed by atoms with Crippen LogP contribution in [0, 0.1) is 0 Å². The molecule has 2 aromatic carbocycles. The number of halogens is 1. The number of carbonyl (C=O) groups excluding carboxylic acids is 1. The van der Waals surface area contributed by atoms with Crippen molar-refractivity contribution < 1.29 is 9.53 Å². The Labute approximate surface area is 171 Å². The second-order valence-corrected chi connectivity index (χ2v) is 7.72. The average molecular weight is 412 g/mol. The molecule has 142 valence electrons. The number of hydrogen-bond acceptors (Lipinski definition) is 4. The number of hydrogen-bond donors (Lipinski definition) is 1. The largest absolute Gasteiger partial charge is 0.497 e. The van der Waals surface area contributed by atoms with Crippen molar-refractivity contribution in [3.05, 3.63) is 77.2 Å². The first-order chi connectivity index (χ1) is 13.6. The highest BCUT2D eigenvalue weighted by molar-refractivity contribution is 7.20. The lowest BCUT2D eigenvalue weighted by molar-refractivity contribution is 0.0950. The zero-order valence-corrected chi connectivity index (χ0v) is 16.8. The van der Waals surface area contributed by atoms with Crippen LogP contribution in [0.4, 0.5) is 0 Å². The fourth-order valence-corrected chi connectivity index (χ4v) is 3.95. The van der Waals surface area contributed by atoms with Crippen LogP contribution in [0.15, 0.2) is 60.9 Å². The predicted octanol–water partition coefficient (Wildman–Crippen LogP) is 4.70. The van der Waals surface area contributed by atoms with Crippen LogP contribution in [-0.4, -0.2) is 28.9 Å². The first-order valence-corrected chi connectivity index (χ1v) is 9.97. The van der Waals surface area contributed by atoms with Gasteiger partial charge in [-0.3, -0.25) is 9.20 Å². The quantitative estimate of drug-likeness (QED) is 0.500. The third-order valence-electron chi connectivity index (χ3n) is 4.38. The van der Waals surface area contributed by atoms with Gasteiger partial charge in [-0.25, -0.2) is 4.98 Å². The topological polar surface area (TPSA) is 55.6 Å². The molecular weight excluding hydrogens is 394 g/mol. The number of thiazole rings is 1. The van der Waals surface area contributed by atoms with E-state index in [0.717, 1.165) is 33.1 Å². The molecule has 5 nitrogen and oxygen atoms in total. The summed E-state index contributed by atoms with van der Waals surface area (Å²) in [7, 11) is 1.65. The number of nitrogens with zero attached hydrogens (tertiary/aromatic N) is 2. The van der Waals surface area contributed by atoms with Gasteiger partial charge in [-0.1, -0.05) is 35.1 Å². The lowest BCUT2D eigenvalue weighted by atomic mass is 10.1. The third kappa shape index (κ3) is 4.03. The van der Waals surface area contributed by atoms with E-state index in [0.29, 0.717) is 17.3 Å². The van der Waals surface area contributed by atoms with Crippen molar-refractivity contribution in [2.24, 2.45) is 0 Å². The monoisotopic (exact) mass is 411 g/mol. The summed E-state index contributed by atoms with van der Waals surface area (Å²) in [5.74, 6) is 0.651. The molecule has 0 bridgehead atoms. The molecule has 0 unspecified atom stereocenters. The molecule has 0 saturated heterocycles. The number of rotatable bonds is 6. The average Bonchev–Trinajstić information content (AvgIpc) is 3.29. The van der Waals surface area contributed by atoms with Crippen molar-refractivity contribution in [3.63, 3.8) is 0 Å². The number of aromatic nitrogens is 2. The molecule has 0 aliphatic carbocycles. The Morgan fingerprint density at radius 3 is 2.57 bits per heavy atom. The minimum absolute atomic E-state index is 0.170. The van der Waals surface area contributed by atoms with Gasteiger partial charge < -0.3 is 10.1 Å². The highest BCUT2D eigenvalue weighted by atomic mass is 35.5.